The molecule has 0 spiro atoms. The summed E-state index contributed by atoms with van der Waals surface area (Å²) in [7, 11) is 0. The van der Waals surface area contributed by atoms with E-state index in [0.717, 1.165) is 11.3 Å². The molecular formula is C9H8N4. The van der Waals surface area contributed by atoms with Crippen molar-refractivity contribution < 1.29 is 0 Å². The summed E-state index contributed by atoms with van der Waals surface area (Å²) in [6.07, 6.45) is 2.87. The quantitative estimate of drug-likeness (QED) is 0.221. The van der Waals surface area contributed by atoms with Crippen molar-refractivity contribution >= 4 is 18.1 Å². The van der Waals surface area contributed by atoms with Gasteiger partial charge in [0.2, 0.25) is 0 Å². The molecule has 4 nitrogen and oxygen atoms in total. The Morgan fingerprint density at radius 2 is 2.15 bits per heavy atom. The lowest BCUT2D eigenvalue weighted by atomic mass is 10.2. The number of azide groups is 1. The molecule has 0 bridgehead atoms. The summed E-state index contributed by atoms with van der Waals surface area (Å²) in [5.74, 6) is 0. The van der Waals surface area contributed by atoms with E-state index in [9.17, 15) is 0 Å². The number of benzene rings is 1. The highest BCUT2D eigenvalue weighted by Gasteiger charge is 1.92. The minimum Gasteiger partial charge on any atom is -0.254 e. The number of nitrogens with zero attached hydrogens (tertiary/aromatic N) is 4. The SMILES string of the molecule is C=Cc1ccccc1/N=C\N=[N+]=[N-]. The van der Waals surface area contributed by atoms with E-state index in [2.05, 4.69) is 21.6 Å². The molecule has 0 radical (unpaired) electrons. The third-order valence-electron chi connectivity index (χ3n) is 1.46. The van der Waals surface area contributed by atoms with Crippen LogP contribution in [-0.2, 0) is 0 Å². The lowest BCUT2D eigenvalue weighted by Crippen LogP contribution is -1.72. The first-order chi connectivity index (χ1) is 6.38. The molecule has 0 saturated carbocycles. The van der Waals surface area contributed by atoms with Gasteiger partial charge in [0.15, 0.2) is 0 Å². The van der Waals surface area contributed by atoms with Crippen LogP contribution < -0.4 is 0 Å². The van der Waals surface area contributed by atoms with Crippen molar-refractivity contribution in [3.05, 3.63) is 46.9 Å². The Balaban J connectivity index is 2.99. The first kappa shape index (κ1) is 9.03. The van der Waals surface area contributed by atoms with Crippen LogP contribution in [0.15, 0.2) is 41.0 Å². The van der Waals surface area contributed by atoms with Crippen LogP contribution in [0.2, 0.25) is 0 Å². The maximum atomic E-state index is 8.02. The van der Waals surface area contributed by atoms with Crippen molar-refractivity contribution in [2.24, 2.45) is 10.1 Å². The van der Waals surface area contributed by atoms with E-state index in [1.54, 1.807) is 6.08 Å². The molecule has 0 aliphatic rings. The van der Waals surface area contributed by atoms with Crippen molar-refractivity contribution in [2.45, 2.75) is 0 Å². The van der Waals surface area contributed by atoms with Gasteiger partial charge in [-0.05, 0) is 22.3 Å². The van der Waals surface area contributed by atoms with Crippen LogP contribution in [0.25, 0.3) is 16.5 Å². The van der Waals surface area contributed by atoms with Crippen LogP contribution in [0.1, 0.15) is 5.56 Å². The summed E-state index contributed by atoms with van der Waals surface area (Å²) in [5.41, 5.74) is 9.67. The highest BCUT2D eigenvalue weighted by molar-refractivity contribution is 5.69. The highest BCUT2D eigenvalue weighted by Crippen LogP contribution is 2.18. The summed E-state index contributed by atoms with van der Waals surface area (Å²) in [6, 6.07) is 7.45. The van der Waals surface area contributed by atoms with Gasteiger partial charge in [0.25, 0.3) is 0 Å². The molecule has 0 amide bonds. The van der Waals surface area contributed by atoms with E-state index in [1.165, 1.54) is 6.34 Å². The normalized spacial score (nSPS) is 9.54. The van der Waals surface area contributed by atoms with Crippen LogP contribution >= 0.6 is 0 Å². The molecule has 0 atom stereocenters. The van der Waals surface area contributed by atoms with E-state index in [0.29, 0.717) is 0 Å². The molecule has 1 rings (SSSR count). The summed E-state index contributed by atoms with van der Waals surface area (Å²) in [5, 5.41) is 3.20. The summed E-state index contributed by atoms with van der Waals surface area (Å²) < 4.78 is 0. The van der Waals surface area contributed by atoms with Crippen molar-refractivity contribution in [2.75, 3.05) is 0 Å². The van der Waals surface area contributed by atoms with Gasteiger partial charge in [0.1, 0.15) is 0 Å². The molecule has 0 aliphatic heterocycles. The van der Waals surface area contributed by atoms with Crippen molar-refractivity contribution in [3.63, 3.8) is 0 Å². The third kappa shape index (κ3) is 2.47. The van der Waals surface area contributed by atoms with Gasteiger partial charge < -0.3 is 0 Å². The van der Waals surface area contributed by atoms with Crippen molar-refractivity contribution in [3.8, 4) is 0 Å². The average molecular weight is 172 g/mol. The number of hydrogen-bond acceptors (Lipinski definition) is 1. The van der Waals surface area contributed by atoms with Gasteiger partial charge >= 0.3 is 0 Å². The lowest BCUT2D eigenvalue weighted by molar-refractivity contribution is 1.48. The number of rotatable bonds is 3. The van der Waals surface area contributed by atoms with Crippen LogP contribution in [0.4, 0.5) is 5.69 Å². The van der Waals surface area contributed by atoms with Gasteiger partial charge in [0.05, 0.1) is 12.0 Å². The van der Waals surface area contributed by atoms with Gasteiger partial charge in [-0.1, -0.05) is 30.9 Å². The van der Waals surface area contributed by atoms with Gasteiger partial charge in [-0.3, -0.25) is 4.99 Å². The van der Waals surface area contributed by atoms with Gasteiger partial charge in [-0.15, -0.1) is 0 Å². The Morgan fingerprint density at radius 1 is 1.38 bits per heavy atom. The average Bonchev–Trinajstić information content (AvgIpc) is 2.19. The second-order valence-electron chi connectivity index (χ2n) is 2.21. The monoisotopic (exact) mass is 172 g/mol. The maximum Gasteiger partial charge on any atom is 0.0908 e. The molecule has 0 N–H and O–H groups in total. The third-order valence-corrected chi connectivity index (χ3v) is 1.46. The molecule has 0 saturated heterocycles. The second-order valence-corrected chi connectivity index (χ2v) is 2.21. The summed E-state index contributed by atoms with van der Waals surface area (Å²) >= 11 is 0. The Morgan fingerprint density at radius 3 is 2.85 bits per heavy atom. The zero-order valence-electron chi connectivity index (χ0n) is 6.96. The number of aliphatic imine (C=N–C) groups is 1. The lowest BCUT2D eigenvalue weighted by Gasteiger charge is -1.96. The molecule has 0 fully saturated rings. The van der Waals surface area contributed by atoms with Crippen LogP contribution in [-0.4, -0.2) is 6.34 Å². The largest absolute Gasteiger partial charge is 0.254 e. The smallest absolute Gasteiger partial charge is 0.0908 e. The van der Waals surface area contributed by atoms with Crippen LogP contribution in [0.3, 0.4) is 0 Å². The van der Waals surface area contributed by atoms with Crippen LogP contribution in [0.5, 0.6) is 0 Å². The minimum atomic E-state index is 0.741. The fourth-order valence-electron chi connectivity index (χ4n) is 0.889. The molecule has 0 unspecified atom stereocenters. The van der Waals surface area contributed by atoms with E-state index < -0.39 is 0 Å². The van der Waals surface area contributed by atoms with Gasteiger partial charge in [0, 0.05) is 4.91 Å². The molecule has 0 aromatic heterocycles. The topological polar surface area (TPSA) is 61.1 Å². The Kier molecular flexibility index (Phi) is 3.30. The van der Waals surface area contributed by atoms with Crippen LogP contribution in [0, 0.1) is 0 Å². The minimum absolute atomic E-state index is 0.741. The fourth-order valence-corrected chi connectivity index (χ4v) is 0.889. The predicted molar refractivity (Wildman–Crippen MR) is 53.8 cm³/mol. The Labute approximate surface area is 75.9 Å². The molecule has 1 aromatic rings. The predicted octanol–water partition coefficient (Wildman–Crippen LogP) is 3.30. The first-order valence-corrected chi connectivity index (χ1v) is 3.66. The van der Waals surface area contributed by atoms with E-state index >= 15 is 0 Å². The maximum absolute atomic E-state index is 8.02. The zero-order valence-corrected chi connectivity index (χ0v) is 6.96. The molecule has 13 heavy (non-hydrogen) atoms. The Hall–Kier alpha value is -2.06. The molecule has 0 heterocycles. The van der Waals surface area contributed by atoms with Gasteiger partial charge in [-0.25, -0.2) is 0 Å². The molecule has 1 aromatic carbocycles. The van der Waals surface area contributed by atoms with E-state index in [4.69, 9.17) is 5.53 Å². The van der Waals surface area contributed by atoms with Gasteiger partial charge in [-0.2, -0.15) is 0 Å². The van der Waals surface area contributed by atoms with E-state index in [1.807, 2.05) is 24.3 Å². The first-order valence-electron chi connectivity index (χ1n) is 3.66. The highest BCUT2D eigenvalue weighted by atomic mass is 15.1. The second kappa shape index (κ2) is 4.74. The van der Waals surface area contributed by atoms with E-state index in [-0.39, 0.29) is 0 Å². The summed E-state index contributed by atoms with van der Waals surface area (Å²) in [6.45, 7) is 3.64. The Bertz CT molecular complexity index is 375. The summed E-state index contributed by atoms with van der Waals surface area (Å²) in [4.78, 5) is 6.51. The number of hydrogen-bond donors (Lipinski definition) is 0. The molecule has 4 heteroatoms. The molecule has 64 valence electrons. The van der Waals surface area contributed by atoms with Crippen molar-refractivity contribution in [1.82, 2.24) is 0 Å². The standard InChI is InChI=1S/C9H8N4/c1-2-8-5-3-4-6-9(8)11-7-12-13-10/h2-7H,1H2/b11-7-. The van der Waals surface area contributed by atoms with Crippen molar-refractivity contribution in [1.29, 1.82) is 0 Å². The zero-order chi connectivity index (χ0) is 9.52. The fraction of sp³-hybridized carbons (Fsp3) is 0. The molecule has 0 aliphatic carbocycles. The molecular weight excluding hydrogens is 164 g/mol. The number of para-hydroxylation sites is 1.